The monoisotopic (exact) mass is 468 g/mol. The zero-order chi connectivity index (χ0) is 26.3. The number of fused-ring (bicyclic) bond motifs is 1. The summed E-state index contributed by atoms with van der Waals surface area (Å²) in [6.07, 6.45) is 0. The van der Waals surface area contributed by atoms with Crippen LogP contribution in [0.4, 0.5) is 0 Å². The Labute approximate surface area is 206 Å². The molecule has 0 saturated carbocycles. The van der Waals surface area contributed by atoms with Gasteiger partial charge in [0.1, 0.15) is 24.7 Å². The molecule has 34 heavy (non-hydrogen) atoms. The van der Waals surface area contributed by atoms with Gasteiger partial charge in [0, 0.05) is 32.7 Å². The second-order valence-electron chi connectivity index (χ2n) is 13.4. The fourth-order valence-corrected chi connectivity index (χ4v) is 3.55. The van der Waals surface area contributed by atoms with Gasteiger partial charge in [0.25, 0.3) is 0 Å². The van der Waals surface area contributed by atoms with Gasteiger partial charge < -0.3 is 9.47 Å². The lowest BCUT2D eigenvalue weighted by Gasteiger charge is -2.28. The average molecular weight is 469 g/mol. The third-order valence-electron chi connectivity index (χ3n) is 6.09. The Bertz CT molecular complexity index is 977. The minimum Gasteiger partial charge on any atom is -0.485 e. The van der Waals surface area contributed by atoms with E-state index in [4.69, 9.17) is 9.47 Å². The number of carbonyl (C=O) groups is 2. The summed E-state index contributed by atoms with van der Waals surface area (Å²) in [7, 11) is 0. The van der Waals surface area contributed by atoms with E-state index in [-0.39, 0.29) is 35.6 Å². The van der Waals surface area contributed by atoms with E-state index < -0.39 is 10.8 Å². The van der Waals surface area contributed by atoms with Crippen molar-refractivity contribution in [2.24, 2.45) is 10.8 Å². The molecular formula is C30H44O4. The van der Waals surface area contributed by atoms with Gasteiger partial charge in [-0.1, -0.05) is 107 Å². The standard InChI is InChI=1S/C30H44O4/c1-27(2,3)21-15-13-20-19(25(21)33-17-23(31)29(7,8)9)14-16-22(28(4,5)6)26(20)34-18-24(32)30(10,11)12/h13-16H,17-18H2,1-12H3. The van der Waals surface area contributed by atoms with Crippen LogP contribution >= 0.6 is 0 Å². The van der Waals surface area contributed by atoms with Crippen LogP contribution in [0, 0.1) is 10.8 Å². The Morgan fingerprint density at radius 3 is 1.09 bits per heavy atom. The number of Topliss-reactive ketones (excluding diaryl/α,β-unsaturated/α-hetero) is 2. The second-order valence-corrected chi connectivity index (χ2v) is 13.4. The molecule has 2 rings (SSSR count). The molecule has 0 aliphatic carbocycles. The van der Waals surface area contributed by atoms with Crippen LogP contribution in [0.15, 0.2) is 24.3 Å². The molecule has 0 N–H and O–H groups in total. The lowest BCUT2D eigenvalue weighted by Crippen LogP contribution is -2.27. The highest BCUT2D eigenvalue weighted by atomic mass is 16.5. The quantitative estimate of drug-likeness (QED) is 0.442. The summed E-state index contributed by atoms with van der Waals surface area (Å²) in [4.78, 5) is 25.3. The first-order chi connectivity index (χ1) is 15.2. The first-order valence-corrected chi connectivity index (χ1v) is 12.2. The van der Waals surface area contributed by atoms with Gasteiger partial charge in [-0.15, -0.1) is 0 Å². The zero-order valence-corrected chi connectivity index (χ0v) is 23.4. The molecule has 0 bridgehead atoms. The number of ketones is 2. The van der Waals surface area contributed by atoms with E-state index >= 15 is 0 Å². The fourth-order valence-electron chi connectivity index (χ4n) is 3.55. The highest BCUT2D eigenvalue weighted by Crippen LogP contribution is 2.44. The predicted molar refractivity (Wildman–Crippen MR) is 141 cm³/mol. The maximum absolute atomic E-state index is 12.7. The van der Waals surface area contributed by atoms with Crippen molar-refractivity contribution in [1.29, 1.82) is 0 Å². The van der Waals surface area contributed by atoms with Crippen molar-refractivity contribution in [2.45, 2.75) is 93.9 Å². The van der Waals surface area contributed by atoms with E-state index in [1.165, 1.54) is 0 Å². The van der Waals surface area contributed by atoms with E-state index in [1.54, 1.807) is 0 Å². The first kappa shape index (κ1) is 27.9. The van der Waals surface area contributed by atoms with Gasteiger partial charge in [-0.25, -0.2) is 0 Å². The summed E-state index contributed by atoms with van der Waals surface area (Å²) in [5, 5.41) is 1.78. The smallest absolute Gasteiger partial charge is 0.175 e. The lowest BCUT2D eigenvalue weighted by molar-refractivity contribution is -0.129. The normalized spacial score (nSPS) is 13.2. The van der Waals surface area contributed by atoms with Crippen LogP contribution < -0.4 is 9.47 Å². The van der Waals surface area contributed by atoms with Crippen LogP contribution in [0.2, 0.25) is 0 Å². The highest BCUT2D eigenvalue weighted by molar-refractivity contribution is 5.96. The third kappa shape index (κ3) is 6.40. The van der Waals surface area contributed by atoms with Gasteiger partial charge in [-0.05, 0) is 10.8 Å². The zero-order valence-electron chi connectivity index (χ0n) is 23.4. The largest absolute Gasteiger partial charge is 0.485 e. The Balaban J connectivity index is 2.72. The molecule has 188 valence electrons. The Kier molecular flexibility index (Phi) is 7.67. The number of carbonyl (C=O) groups excluding carboxylic acids is 2. The molecule has 0 aromatic heterocycles. The van der Waals surface area contributed by atoms with Crippen molar-refractivity contribution in [3.05, 3.63) is 35.4 Å². The lowest BCUT2D eigenvalue weighted by atomic mass is 9.82. The molecule has 4 nitrogen and oxygen atoms in total. The van der Waals surface area contributed by atoms with Gasteiger partial charge in [0.15, 0.2) is 11.6 Å². The molecule has 0 atom stereocenters. The molecule has 0 amide bonds. The van der Waals surface area contributed by atoms with E-state index in [0.717, 1.165) is 21.9 Å². The number of rotatable bonds is 6. The van der Waals surface area contributed by atoms with Crippen molar-refractivity contribution in [3.63, 3.8) is 0 Å². The van der Waals surface area contributed by atoms with Crippen LogP contribution in [0.5, 0.6) is 11.5 Å². The Morgan fingerprint density at radius 2 is 0.853 bits per heavy atom. The first-order valence-electron chi connectivity index (χ1n) is 12.2. The topological polar surface area (TPSA) is 52.6 Å². The summed E-state index contributed by atoms with van der Waals surface area (Å²) < 4.78 is 12.5. The number of hydrogen-bond donors (Lipinski definition) is 0. The van der Waals surface area contributed by atoms with Crippen molar-refractivity contribution in [3.8, 4) is 11.5 Å². The minimum absolute atomic E-state index is 0.00537. The molecule has 2 aromatic rings. The summed E-state index contributed by atoms with van der Waals surface area (Å²) in [5.74, 6) is 1.50. The minimum atomic E-state index is -0.479. The molecule has 0 saturated heterocycles. The third-order valence-corrected chi connectivity index (χ3v) is 6.09. The maximum atomic E-state index is 12.7. The molecule has 0 radical (unpaired) electrons. The number of benzene rings is 2. The van der Waals surface area contributed by atoms with E-state index in [0.29, 0.717) is 11.5 Å². The molecule has 0 aliphatic heterocycles. The summed E-state index contributed by atoms with van der Waals surface area (Å²) in [6, 6.07) is 8.23. The Morgan fingerprint density at radius 1 is 0.559 bits per heavy atom. The molecule has 0 aliphatic rings. The van der Waals surface area contributed by atoms with Gasteiger partial charge in [-0.2, -0.15) is 0 Å². The number of ether oxygens (including phenoxy) is 2. The molecule has 0 heterocycles. The van der Waals surface area contributed by atoms with Crippen LogP contribution in [0.25, 0.3) is 10.8 Å². The van der Waals surface area contributed by atoms with Crippen LogP contribution in [-0.2, 0) is 20.4 Å². The average Bonchev–Trinajstić information content (AvgIpc) is 2.66. The molecule has 4 heteroatoms. The van der Waals surface area contributed by atoms with Gasteiger partial charge in [0.2, 0.25) is 0 Å². The van der Waals surface area contributed by atoms with Crippen LogP contribution in [-0.4, -0.2) is 24.8 Å². The van der Waals surface area contributed by atoms with Crippen molar-refractivity contribution in [1.82, 2.24) is 0 Å². The van der Waals surface area contributed by atoms with Crippen LogP contribution in [0.1, 0.15) is 94.2 Å². The van der Waals surface area contributed by atoms with Gasteiger partial charge in [0.05, 0.1) is 0 Å². The molecular weight excluding hydrogens is 424 g/mol. The molecule has 0 fully saturated rings. The summed E-state index contributed by atoms with van der Waals surface area (Å²) in [5.41, 5.74) is 0.741. The fraction of sp³-hybridized carbons (Fsp3) is 0.600. The number of hydrogen-bond acceptors (Lipinski definition) is 4. The summed E-state index contributed by atoms with van der Waals surface area (Å²) >= 11 is 0. The Hall–Kier alpha value is -2.36. The van der Waals surface area contributed by atoms with Gasteiger partial charge in [-0.3, -0.25) is 9.59 Å². The predicted octanol–water partition coefficient (Wildman–Crippen LogP) is 7.42. The van der Waals surface area contributed by atoms with E-state index in [1.807, 2.05) is 41.5 Å². The van der Waals surface area contributed by atoms with Crippen molar-refractivity contribution in [2.75, 3.05) is 13.2 Å². The van der Waals surface area contributed by atoms with Gasteiger partial charge >= 0.3 is 0 Å². The highest BCUT2D eigenvalue weighted by Gasteiger charge is 2.29. The van der Waals surface area contributed by atoms with Crippen molar-refractivity contribution >= 4 is 22.3 Å². The molecule has 0 spiro atoms. The maximum Gasteiger partial charge on any atom is 0.175 e. The second kappa shape index (κ2) is 9.36. The molecule has 2 aromatic carbocycles. The SMILES string of the molecule is CC(C)(C)C(=O)COc1c(C(C)(C)C)ccc2c(OCC(=O)C(C)(C)C)c(C(C)(C)C)ccc12. The van der Waals surface area contributed by atoms with Crippen molar-refractivity contribution < 1.29 is 19.1 Å². The molecule has 0 unspecified atom stereocenters. The van der Waals surface area contributed by atoms with Crippen LogP contribution in [0.3, 0.4) is 0 Å². The van der Waals surface area contributed by atoms with E-state index in [2.05, 4.69) is 65.8 Å². The summed E-state index contributed by atoms with van der Waals surface area (Å²) in [6.45, 7) is 24.2. The van der Waals surface area contributed by atoms with E-state index in [9.17, 15) is 9.59 Å².